The van der Waals surface area contributed by atoms with E-state index in [1.807, 2.05) is 0 Å². The summed E-state index contributed by atoms with van der Waals surface area (Å²) in [4.78, 5) is 11.9. The summed E-state index contributed by atoms with van der Waals surface area (Å²) in [6.45, 7) is 5.47. The second kappa shape index (κ2) is 6.21. The lowest BCUT2D eigenvalue weighted by molar-refractivity contribution is -0.166. The van der Waals surface area contributed by atoms with E-state index in [1.54, 1.807) is 38.3 Å². The minimum Gasteiger partial charge on any atom is -0.497 e. The molecule has 18 heavy (non-hydrogen) atoms. The van der Waals surface area contributed by atoms with Crippen molar-refractivity contribution >= 4 is 5.97 Å². The highest BCUT2D eigenvalue weighted by molar-refractivity contribution is 5.81. The van der Waals surface area contributed by atoms with Crippen LogP contribution in [-0.4, -0.2) is 24.8 Å². The predicted octanol–water partition coefficient (Wildman–Crippen LogP) is 2.02. The van der Waals surface area contributed by atoms with E-state index in [2.05, 4.69) is 6.58 Å². The van der Waals surface area contributed by atoms with Crippen molar-refractivity contribution in [3.05, 3.63) is 42.5 Å². The molecule has 0 radical (unpaired) electrons. The van der Waals surface area contributed by atoms with Crippen molar-refractivity contribution in [2.45, 2.75) is 18.9 Å². The van der Waals surface area contributed by atoms with Crippen LogP contribution in [0.25, 0.3) is 0 Å². The van der Waals surface area contributed by atoms with Gasteiger partial charge in [0, 0.05) is 6.42 Å². The highest BCUT2D eigenvalue weighted by Gasteiger charge is 2.38. The average Bonchev–Trinajstić information content (AvgIpc) is 2.39. The molecule has 98 valence electrons. The molecule has 4 heteroatoms. The van der Waals surface area contributed by atoms with Gasteiger partial charge in [0.1, 0.15) is 5.75 Å². The molecule has 4 nitrogen and oxygen atoms in total. The smallest absolute Gasteiger partial charge is 0.343 e. The monoisotopic (exact) mass is 250 g/mol. The lowest BCUT2D eigenvalue weighted by Gasteiger charge is -2.25. The zero-order chi connectivity index (χ0) is 13.6. The first kappa shape index (κ1) is 14.3. The van der Waals surface area contributed by atoms with Crippen LogP contribution in [0.15, 0.2) is 36.9 Å². The number of aliphatic hydroxyl groups is 1. The Kier molecular flexibility index (Phi) is 4.92. The molecule has 0 aromatic heterocycles. The van der Waals surface area contributed by atoms with Crippen LogP contribution in [0.2, 0.25) is 0 Å². The Balaban J connectivity index is 3.08. The van der Waals surface area contributed by atoms with Crippen molar-refractivity contribution < 1.29 is 19.4 Å². The van der Waals surface area contributed by atoms with Gasteiger partial charge in [-0.05, 0) is 24.6 Å². The lowest BCUT2D eigenvalue weighted by atomic mass is 9.90. The summed E-state index contributed by atoms with van der Waals surface area (Å²) in [7, 11) is 1.55. The zero-order valence-corrected chi connectivity index (χ0v) is 10.7. The maximum absolute atomic E-state index is 11.9. The fraction of sp³-hybridized carbons (Fsp3) is 0.357. The molecule has 0 heterocycles. The Morgan fingerprint density at radius 3 is 2.50 bits per heavy atom. The molecule has 0 spiro atoms. The molecule has 0 aliphatic heterocycles. The molecule has 1 unspecified atom stereocenters. The van der Waals surface area contributed by atoms with E-state index in [0.29, 0.717) is 11.3 Å². The fourth-order valence-corrected chi connectivity index (χ4v) is 1.65. The number of hydrogen-bond acceptors (Lipinski definition) is 4. The summed E-state index contributed by atoms with van der Waals surface area (Å²) in [5.74, 6) is -0.0152. The molecule has 1 N–H and O–H groups in total. The third-order valence-electron chi connectivity index (χ3n) is 2.62. The Morgan fingerprint density at radius 2 is 2.06 bits per heavy atom. The Bertz CT molecular complexity index is 410. The van der Waals surface area contributed by atoms with Gasteiger partial charge in [-0.3, -0.25) is 0 Å². The Morgan fingerprint density at radius 1 is 1.44 bits per heavy atom. The predicted molar refractivity (Wildman–Crippen MR) is 68.3 cm³/mol. The second-order valence-corrected chi connectivity index (χ2v) is 3.80. The third kappa shape index (κ3) is 2.90. The highest BCUT2D eigenvalue weighted by atomic mass is 16.5. The molecule has 1 aromatic carbocycles. The van der Waals surface area contributed by atoms with Crippen molar-refractivity contribution in [1.82, 2.24) is 0 Å². The summed E-state index contributed by atoms with van der Waals surface area (Å²) in [5, 5.41) is 10.5. The van der Waals surface area contributed by atoms with E-state index in [0.717, 1.165) is 0 Å². The van der Waals surface area contributed by atoms with Gasteiger partial charge in [-0.2, -0.15) is 0 Å². The molecule has 0 aliphatic rings. The Labute approximate surface area is 107 Å². The SMILES string of the molecule is C=CCC(O)(C(=O)OCC)c1ccc(OC)cc1. The van der Waals surface area contributed by atoms with Gasteiger partial charge >= 0.3 is 5.97 Å². The number of carbonyl (C=O) groups excluding carboxylic acids is 1. The van der Waals surface area contributed by atoms with Gasteiger partial charge in [-0.25, -0.2) is 4.79 Å². The van der Waals surface area contributed by atoms with Crippen LogP contribution < -0.4 is 4.74 Å². The van der Waals surface area contributed by atoms with Crippen molar-refractivity contribution in [1.29, 1.82) is 0 Å². The summed E-state index contributed by atoms with van der Waals surface area (Å²) < 4.78 is 9.93. The minimum absolute atomic E-state index is 0.0954. The van der Waals surface area contributed by atoms with E-state index in [-0.39, 0.29) is 13.0 Å². The van der Waals surface area contributed by atoms with Crippen molar-refractivity contribution in [2.75, 3.05) is 13.7 Å². The Hall–Kier alpha value is -1.81. The van der Waals surface area contributed by atoms with Crippen molar-refractivity contribution in [3.8, 4) is 5.75 Å². The highest BCUT2D eigenvalue weighted by Crippen LogP contribution is 2.28. The van der Waals surface area contributed by atoms with E-state index < -0.39 is 11.6 Å². The maximum Gasteiger partial charge on any atom is 0.343 e. The second-order valence-electron chi connectivity index (χ2n) is 3.80. The number of carbonyl (C=O) groups is 1. The first-order valence-electron chi connectivity index (χ1n) is 5.73. The molecule has 1 aromatic rings. The summed E-state index contributed by atoms with van der Waals surface area (Å²) >= 11 is 0. The minimum atomic E-state index is -1.69. The molecule has 0 bridgehead atoms. The van der Waals surface area contributed by atoms with Crippen LogP contribution in [-0.2, 0) is 15.1 Å². The van der Waals surface area contributed by atoms with Crippen LogP contribution in [0, 0.1) is 0 Å². The van der Waals surface area contributed by atoms with Gasteiger partial charge in [-0.1, -0.05) is 18.2 Å². The standard InChI is InChI=1S/C14H18O4/c1-4-10-14(16,13(15)18-5-2)11-6-8-12(17-3)9-7-11/h4,6-9,16H,1,5,10H2,2-3H3. The van der Waals surface area contributed by atoms with Crippen LogP contribution in [0.1, 0.15) is 18.9 Å². The van der Waals surface area contributed by atoms with E-state index in [9.17, 15) is 9.90 Å². The normalized spacial score (nSPS) is 13.5. The lowest BCUT2D eigenvalue weighted by Crippen LogP contribution is -2.36. The molecular formula is C14H18O4. The molecule has 1 rings (SSSR count). The van der Waals surface area contributed by atoms with Gasteiger partial charge in [0.25, 0.3) is 0 Å². The average molecular weight is 250 g/mol. The largest absolute Gasteiger partial charge is 0.497 e. The summed E-state index contributed by atoms with van der Waals surface area (Å²) in [6.07, 6.45) is 1.58. The first-order valence-corrected chi connectivity index (χ1v) is 5.73. The van der Waals surface area contributed by atoms with Crippen molar-refractivity contribution in [2.24, 2.45) is 0 Å². The van der Waals surface area contributed by atoms with E-state index in [1.165, 1.54) is 6.08 Å². The van der Waals surface area contributed by atoms with Gasteiger partial charge in [0.2, 0.25) is 0 Å². The number of rotatable bonds is 6. The van der Waals surface area contributed by atoms with Crippen LogP contribution in [0.5, 0.6) is 5.75 Å². The quantitative estimate of drug-likeness (QED) is 0.620. The van der Waals surface area contributed by atoms with Crippen LogP contribution in [0.4, 0.5) is 0 Å². The number of methoxy groups -OCH3 is 1. The number of hydrogen-bond donors (Lipinski definition) is 1. The molecule has 1 atom stereocenters. The van der Waals surface area contributed by atoms with E-state index >= 15 is 0 Å². The topological polar surface area (TPSA) is 55.8 Å². The molecule has 0 amide bonds. The van der Waals surface area contributed by atoms with Crippen LogP contribution >= 0.6 is 0 Å². The van der Waals surface area contributed by atoms with Crippen molar-refractivity contribution in [3.63, 3.8) is 0 Å². The molecule has 0 saturated heterocycles. The fourth-order valence-electron chi connectivity index (χ4n) is 1.65. The summed E-state index contributed by atoms with van der Waals surface area (Å²) in [6, 6.07) is 6.64. The van der Waals surface area contributed by atoms with Gasteiger partial charge in [0.05, 0.1) is 13.7 Å². The molecular weight excluding hydrogens is 232 g/mol. The number of esters is 1. The first-order chi connectivity index (χ1) is 8.58. The number of ether oxygens (including phenoxy) is 2. The summed E-state index contributed by atoms with van der Waals surface area (Å²) in [5.41, 5.74) is -1.23. The molecule has 0 fully saturated rings. The van der Waals surface area contributed by atoms with Gasteiger partial charge in [0.15, 0.2) is 5.60 Å². The molecule has 0 saturated carbocycles. The maximum atomic E-state index is 11.9. The zero-order valence-electron chi connectivity index (χ0n) is 10.7. The van der Waals surface area contributed by atoms with E-state index in [4.69, 9.17) is 9.47 Å². The molecule has 0 aliphatic carbocycles. The van der Waals surface area contributed by atoms with Crippen LogP contribution in [0.3, 0.4) is 0 Å². The third-order valence-corrected chi connectivity index (χ3v) is 2.62. The van der Waals surface area contributed by atoms with Gasteiger partial charge in [-0.15, -0.1) is 6.58 Å². The van der Waals surface area contributed by atoms with Gasteiger partial charge < -0.3 is 14.6 Å². The number of benzene rings is 1.